The highest BCUT2D eigenvalue weighted by atomic mass is 16.2. The lowest BCUT2D eigenvalue weighted by molar-refractivity contribution is -0.128. The average molecular weight is 339 g/mol. The Bertz CT molecular complexity index is 408. The molecule has 0 aliphatic heterocycles. The predicted octanol–water partition coefficient (Wildman–Crippen LogP) is 2.92. The standard InChI is InChI=1S/C19H38N4O/c1-14(16-10-8-7-9-11-16)15(2)23-18(20-6)22-13-12-21-17(24)19(3,4)5/h14-16H,7-13H2,1-6H3,(H,21,24)(H2,20,22,23). The van der Waals surface area contributed by atoms with E-state index < -0.39 is 0 Å². The summed E-state index contributed by atoms with van der Waals surface area (Å²) in [5.74, 6) is 2.36. The van der Waals surface area contributed by atoms with Gasteiger partial charge in [-0.1, -0.05) is 59.8 Å². The summed E-state index contributed by atoms with van der Waals surface area (Å²) < 4.78 is 0. The topological polar surface area (TPSA) is 65.5 Å². The number of guanidine groups is 1. The molecule has 5 nitrogen and oxygen atoms in total. The van der Waals surface area contributed by atoms with Crippen molar-refractivity contribution in [1.82, 2.24) is 16.0 Å². The van der Waals surface area contributed by atoms with Crippen LogP contribution in [0.25, 0.3) is 0 Å². The number of aliphatic imine (C=N–C) groups is 1. The SMILES string of the molecule is CN=C(NCCNC(=O)C(C)(C)C)NC(C)C(C)C1CCCCC1. The first-order chi connectivity index (χ1) is 11.3. The van der Waals surface area contributed by atoms with Gasteiger partial charge in [0.2, 0.25) is 5.91 Å². The second kappa shape index (κ2) is 9.90. The molecule has 1 aliphatic rings. The van der Waals surface area contributed by atoms with E-state index in [1.54, 1.807) is 7.05 Å². The van der Waals surface area contributed by atoms with Crippen LogP contribution in [0.3, 0.4) is 0 Å². The molecule has 2 atom stereocenters. The summed E-state index contributed by atoms with van der Waals surface area (Å²) >= 11 is 0. The molecule has 1 amide bonds. The molecule has 1 fully saturated rings. The highest BCUT2D eigenvalue weighted by Gasteiger charge is 2.25. The Kier molecular flexibility index (Phi) is 8.57. The molecule has 0 radical (unpaired) electrons. The molecule has 0 aromatic heterocycles. The fourth-order valence-corrected chi connectivity index (χ4v) is 3.23. The summed E-state index contributed by atoms with van der Waals surface area (Å²) in [4.78, 5) is 16.1. The van der Waals surface area contributed by atoms with E-state index in [0.29, 0.717) is 25.0 Å². The van der Waals surface area contributed by atoms with Gasteiger partial charge < -0.3 is 16.0 Å². The van der Waals surface area contributed by atoms with Gasteiger partial charge in [-0.25, -0.2) is 0 Å². The van der Waals surface area contributed by atoms with Crippen LogP contribution in [0.4, 0.5) is 0 Å². The van der Waals surface area contributed by atoms with E-state index in [1.807, 2.05) is 20.8 Å². The van der Waals surface area contributed by atoms with Gasteiger partial charge in [-0.05, 0) is 18.8 Å². The van der Waals surface area contributed by atoms with E-state index in [0.717, 1.165) is 11.9 Å². The van der Waals surface area contributed by atoms with Gasteiger partial charge in [0.05, 0.1) is 0 Å². The van der Waals surface area contributed by atoms with Crippen molar-refractivity contribution in [2.75, 3.05) is 20.1 Å². The van der Waals surface area contributed by atoms with Crippen LogP contribution in [0.15, 0.2) is 4.99 Å². The number of carbonyl (C=O) groups is 1. The van der Waals surface area contributed by atoms with Crippen molar-refractivity contribution < 1.29 is 4.79 Å². The Morgan fingerprint density at radius 1 is 1.08 bits per heavy atom. The Hall–Kier alpha value is -1.26. The van der Waals surface area contributed by atoms with Gasteiger partial charge >= 0.3 is 0 Å². The van der Waals surface area contributed by atoms with Gasteiger partial charge in [0.15, 0.2) is 5.96 Å². The van der Waals surface area contributed by atoms with Crippen LogP contribution in [-0.2, 0) is 4.79 Å². The maximum Gasteiger partial charge on any atom is 0.225 e. The molecule has 1 aliphatic carbocycles. The predicted molar refractivity (Wildman–Crippen MR) is 102 cm³/mol. The second-order valence-electron chi connectivity index (χ2n) is 8.20. The normalized spacial score (nSPS) is 19.5. The zero-order chi connectivity index (χ0) is 18.2. The third kappa shape index (κ3) is 7.10. The van der Waals surface area contributed by atoms with Crippen molar-refractivity contribution in [3.05, 3.63) is 0 Å². The molecule has 24 heavy (non-hydrogen) atoms. The maximum atomic E-state index is 11.8. The third-order valence-electron chi connectivity index (χ3n) is 5.15. The molecule has 0 bridgehead atoms. The van der Waals surface area contributed by atoms with Crippen LogP contribution in [0.2, 0.25) is 0 Å². The fraction of sp³-hybridized carbons (Fsp3) is 0.895. The van der Waals surface area contributed by atoms with Gasteiger partial charge in [-0.15, -0.1) is 0 Å². The average Bonchev–Trinajstić information content (AvgIpc) is 2.56. The molecule has 3 N–H and O–H groups in total. The highest BCUT2D eigenvalue weighted by molar-refractivity contribution is 5.82. The van der Waals surface area contributed by atoms with Crippen molar-refractivity contribution >= 4 is 11.9 Å². The van der Waals surface area contributed by atoms with Crippen molar-refractivity contribution in [2.45, 2.75) is 72.8 Å². The number of hydrogen-bond acceptors (Lipinski definition) is 2. The van der Waals surface area contributed by atoms with Gasteiger partial charge in [0, 0.05) is 31.6 Å². The van der Waals surface area contributed by atoms with Crippen molar-refractivity contribution in [3.63, 3.8) is 0 Å². The van der Waals surface area contributed by atoms with Gasteiger partial charge in [0.1, 0.15) is 0 Å². The Morgan fingerprint density at radius 3 is 2.21 bits per heavy atom. The smallest absolute Gasteiger partial charge is 0.225 e. The summed E-state index contributed by atoms with van der Waals surface area (Å²) in [6, 6.07) is 0.392. The monoisotopic (exact) mass is 338 g/mol. The molecular formula is C19H38N4O. The number of amides is 1. The van der Waals surface area contributed by atoms with Crippen molar-refractivity contribution in [3.8, 4) is 0 Å². The molecule has 5 heteroatoms. The van der Waals surface area contributed by atoms with Gasteiger partial charge in [-0.3, -0.25) is 9.79 Å². The maximum absolute atomic E-state index is 11.8. The molecule has 2 unspecified atom stereocenters. The molecule has 140 valence electrons. The minimum Gasteiger partial charge on any atom is -0.355 e. The van der Waals surface area contributed by atoms with Crippen LogP contribution in [-0.4, -0.2) is 38.0 Å². The summed E-state index contributed by atoms with van der Waals surface area (Å²) in [6.07, 6.45) is 6.87. The molecule has 0 aromatic rings. The fourth-order valence-electron chi connectivity index (χ4n) is 3.23. The summed E-state index contributed by atoms with van der Waals surface area (Å²) in [5.41, 5.74) is -0.343. The first kappa shape index (κ1) is 20.8. The summed E-state index contributed by atoms with van der Waals surface area (Å²) in [7, 11) is 1.79. The van der Waals surface area contributed by atoms with Crippen LogP contribution < -0.4 is 16.0 Å². The Balaban J connectivity index is 2.32. The van der Waals surface area contributed by atoms with Gasteiger partial charge in [0.25, 0.3) is 0 Å². The molecule has 0 spiro atoms. The lowest BCUT2D eigenvalue weighted by Crippen LogP contribution is -2.48. The molecule has 0 heterocycles. The van der Waals surface area contributed by atoms with E-state index in [4.69, 9.17) is 0 Å². The van der Waals surface area contributed by atoms with E-state index in [-0.39, 0.29) is 11.3 Å². The quantitative estimate of drug-likeness (QED) is 0.396. The van der Waals surface area contributed by atoms with Gasteiger partial charge in [-0.2, -0.15) is 0 Å². The van der Waals surface area contributed by atoms with Crippen LogP contribution in [0, 0.1) is 17.3 Å². The molecule has 1 saturated carbocycles. The van der Waals surface area contributed by atoms with E-state index in [2.05, 4.69) is 34.8 Å². The summed E-state index contributed by atoms with van der Waals surface area (Å²) in [6.45, 7) is 11.6. The first-order valence-corrected chi connectivity index (χ1v) is 9.51. The third-order valence-corrected chi connectivity index (χ3v) is 5.15. The molecule has 0 saturated heterocycles. The zero-order valence-corrected chi connectivity index (χ0v) is 16.5. The van der Waals surface area contributed by atoms with E-state index >= 15 is 0 Å². The minimum absolute atomic E-state index is 0.0755. The number of nitrogens with zero attached hydrogens (tertiary/aromatic N) is 1. The van der Waals surface area contributed by atoms with E-state index in [9.17, 15) is 4.79 Å². The first-order valence-electron chi connectivity index (χ1n) is 9.51. The van der Waals surface area contributed by atoms with Crippen LogP contribution in [0.1, 0.15) is 66.7 Å². The second-order valence-corrected chi connectivity index (χ2v) is 8.20. The lowest BCUT2D eigenvalue weighted by Gasteiger charge is -2.33. The largest absolute Gasteiger partial charge is 0.355 e. The summed E-state index contributed by atoms with van der Waals surface area (Å²) in [5, 5.41) is 9.74. The number of rotatable bonds is 6. The Morgan fingerprint density at radius 2 is 1.67 bits per heavy atom. The van der Waals surface area contributed by atoms with Crippen LogP contribution in [0.5, 0.6) is 0 Å². The van der Waals surface area contributed by atoms with Crippen molar-refractivity contribution in [2.24, 2.45) is 22.2 Å². The molecule has 0 aromatic carbocycles. The number of carbonyl (C=O) groups excluding carboxylic acids is 1. The Labute approximate surface area is 148 Å². The van der Waals surface area contributed by atoms with Crippen molar-refractivity contribution in [1.29, 1.82) is 0 Å². The minimum atomic E-state index is -0.343. The highest BCUT2D eigenvalue weighted by Crippen LogP contribution is 2.31. The van der Waals surface area contributed by atoms with E-state index in [1.165, 1.54) is 32.1 Å². The zero-order valence-electron chi connectivity index (χ0n) is 16.5. The number of nitrogens with one attached hydrogen (secondary N) is 3. The molecular weight excluding hydrogens is 300 g/mol. The number of hydrogen-bond donors (Lipinski definition) is 3. The lowest BCUT2D eigenvalue weighted by atomic mass is 9.78. The molecule has 1 rings (SSSR count). The van der Waals surface area contributed by atoms with Crippen LogP contribution >= 0.6 is 0 Å².